The number of anilines is 1. The highest BCUT2D eigenvalue weighted by Gasteiger charge is 2.13. The van der Waals surface area contributed by atoms with Crippen LogP contribution in [0.15, 0.2) is 47.6 Å². The van der Waals surface area contributed by atoms with Crippen molar-refractivity contribution in [1.82, 2.24) is 0 Å². The number of amides is 1. The van der Waals surface area contributed by atoms with Crippen molar-refractivity contribution in [2.24, 2.45) is 5.16 Å². The van der Waals surface area contributed by atoms with Crippen molar-refractivity contribution in [2.75, 3.05) is 5.32 Å². The van der Waals surface area contributed by atoms with Crippen LogP contribution in [0.1, 0.15) is 30.5 Å². The molecule has 0 fully saturated rings. The molecule has 130 valence electrons. The highest BCUT2D eigenvalue weighted by atomic mass is 16.6. The number of hydrogen-bond acceptors (Lipinski definition) is 5. The summed E-state index contributed by atoms with van der Waals surface area (Å²) >= 11 is 0. The molecule has 0 aliphatic carbocycles. The average Bonchev–Trinajstić information content (AvgIpc) is 2.56. The van der Waals surface area contributed by atoms with Gasteiger partial charge < -0.3 is 10.2 Å². The predicted molar refractivity (Wildman–Crippen MR) is 95.6 cm³/mol. The molecule has 0 aromatic heterocycles. The van der Waals surface area contributed by atoms with Crippen molar-refractivity contribution < 1.29 is 14.6 Å². The van der Waals surface area contributed by atoms with Gasteiger partial charge in [0, 0.05) is 29.8 Å². The van der Waals surface area contributed by atoms with E-state index in [0.29, 0.717) is 22.5 Å². The van der Waals surface area contributed by atoms with Crippen LogP contribution in [0.3, 0.4) is 0 Å². The maximum Gasteiger partial charge on any atom is 0.272 e. The van der Waals surface area contributed by atoms with Gasteiger partial charge >= 0.3 is 0 Å². The third-order valence-corrected chi connectivity index (χ3v) is 3.66. The van der Waals surface area contributed by atoms with E-state index in [1.807, 2.05) is 12.1 Å². The molecule has 0 atom stereocenters. The van der Waals surface area contributed by atoms with Crippen LogP contribution in [-0.4, -0.2) is 16.5 Å². The van der Waals surface area contributed by atoms with Gasteiger partial charge in [0.15, 0.2) is 0 Å². The fourth-order valence-electron chi connectivity index (χ4n) is 2.27. The third kappa shape index (κ3) is 4.87. The topological polar surface area (TPSA) is 93.8 Å². The van der Waals surface area contributed by atoms with Crippen LogP contribution >= 0.6 is 0 Å². The first-order valence-corrected chi connectivity index (χ1v) is 7.66. The van der Waals surface area contributed by atoms with Gasteiger partial charge in [-0.1, -0.05) is 29.4 Å². The number of carbonyl (C=O) groups excluding carboxylic acids is 1. The smallest absolute Gasteiger partial charge is 0.272 e. The standard InChI is InChI=1S/C18H19N3O4/c1-12-16(5-4-6-18(12)21(23)24)11-25-20-13(2)15-7-9-17(10-8-15)19-14(3)22/h4-10H,11H2,1-3H3,(H,19,22)/b20-13+. The predicted octanol–water partition coefficient (Wildman–Crippen LogP) is 3.80. The highest BCUT2D eigenvalue weighted by Crippen LogP contribution is 2.21. The first-order chi connectivity index (χ1) is 11.9. The number of nitro groups is 1. The van der Waals surface area contributed by atoms with Gasteiger partial charge in [0.1, 0.15) is 6.61 Å². The molecule has 0 bridgehead atoms. The Bertz CT molecular complexity index is 814. The number of rotatable bonds is 6. The summed E-state index contributed by atoms with van der Waals surface area (Å²) in [4.78, 5) is 26.9. The Morgan fingerprint density at radius 2 is 1.88 bits per heavy atom. The Balaban J connectivity index is 2.03. The van der Waals surface area contributed by atoms with Gasteiger partial charge in [0.25, 0.3) is 5.69 Å². The van der Waals surface area contributed by atoms with Gasteiger partial charge in [-0.2, -0.15) is 0 Å². The first kappa shape index (κ1) is 18.1. The third-order valence-electron chi connectivity index (χ3n) is 3.66. The van der Waals surface area contributed by atoms with E-state index in [0.717, 1.165) is 5.56 Å². The van der Waals surface area contributed by atoms with Crippen molar-refractivity contribution in [3.63, 3.8) is 0 Å². The molecule has 0 saturated carbocycles. The lowest BCUT2D eigenvalue weighted by atomic mass is 10.1. The second-order valence-electron chi connectivity index (χ2n) is 5.53. The molecule has 0 unspecified atom stereocenters. The molecule has 0 aliphatic rings. The molecule has 2 aromatic carbocycles. The minimum Gasteiger partial charge on any atom is -0.391 e. The quantitative estimate of drug-likeness (QED) is 0.491. The van der Waals surface area contributed by atoms with Crippen molar-refractivity contribution in [2.45, 2.75) is 27.4 Å². The molecular formula is C18H19N3O4. The monoisotopic (exact) mass is 341 g/mol. The Hall–Kier alpha value is -3.22. The largest absolute Gasteiger partial charge is 0.391 e. The number of nitrogens with one attached hydrogen (secondary N) is 1. The van der Waals surface area contributed by atoms with E-state index in [4.69, 9.17) is 4.84 Å². The maximum absolute atomic E-state index is 11.0. The molecule has 0 saturated heterocycles. The number of carbonyl (C=O) groups is 1. The summed E-state index contributed by atoms with van der Waals surface area (Å²) in [5, 5.41) is 17.7. The average molecular weight is 341 g/mol. The van der Waals surface area contributed by atoms with Gasteiger partial charge in [-0.3, -0.25) is 14.9 Å². The van der Waals surface area contributed by atoms with Crippen LogP contribution in [0, 0.1) is 17.0 Å². The number of nitrogens with zero attached hydrogens (tertiary/aromatic N) is 2. The second kappa shape index (κ2) is 8.05. The van der Waals surface area contributed by atoms with Gasteiger partial charge in [0.05, 0.1) is 10.6 Å². The van der Waals surface area contributed by atoms with E-state index >= 15 is 0 Å². The van der Waals surface area contributed by atoms with E-state index in [-0.39, 0.29) is 18.2 Å². The summed E-state index contributed by atoms with van der Waals surface area (Å²) in [5.74, 6) is -0.131. The molecule has 7 nitrogen and oxygen atoms in total. The molecule has 2 aromatic rings. The maximum atomic E-state index is 11.0. The van der Waals surface area contributed by atoms with Gasteiger partial charge in [-0.25, -0.2) is 0 Å². The molecular weight excluding hydrogens is 322 g/mol. The van der Waals surface area contributed by atoms with Crippen molar-refractivity contribution in [1.29, 1.82) is 0 Å². The fourth-order valence-corrected chi connectivity index (χ4v) is 2.27. The lowest BCUT2D eigenvalue weighted by Crippen LogP contribution is -2.06. The zero-order valence-electron chi connectivity index (χ0n) is 14.3. The minimum absolute atomic E-state index is 0.0651. The zero-order valence-corrected chi connectivity index (χ0v) is 14.3. The molecule has 0 aliphatic heterocycles. The van der Waals surface area contributed by atoms with Gasteiger partial charge in [-0.05, 0) is 31.5 Å². The summed E-state index contributed by atoms with van der Waals surface area (Å²) in [6, 6.07) is 12.1. The summed E-state index contributed by atoms with van der Waals surface area (Å²) in [5.41, 5.74) is 3.57. The van der Waals surface area contributed by atoms with E-state index in [9.17, 15) is 14.9 Å². The second-order valence-corrected chi connectivity index (χ2v) is 5.53. The number of hydrogen-bond donors (Lipinski definition) is 1. The Morgan fingerprint density at radius 3 is 2.48 bits per heavy atom. The molecule has 0 heterocycles. The molecule has 1 amide bonds. The van der Waals surface area contributed by atoms with E-state index < -0.39 is 4.92 Å². The first-order valence-electron chi connectivity index (χ1n) is 7.66. The molecule has 1 N–H and O–H groups in total. The lowest BCUT2D eigenvalue weighted by Gasteiger charge is -2.07. The Kier molecular flexibility index (Phi) is 5.84. The summed E-state index contributed by atoms with van der Waals surface area (Å²) < 4.78 is 0. The van der Waals surface area contributed by atoms with Crippen LogP contribution in [0.4, 0.5) is 11.4 Å². The molecule has 25 heavy (non-hydrogen) atoms. The van der Waals surface area contributed by atoms with Crippen molar-refractivity contribution in [3.8, 4) is 0 Å². The molecule has 2 rings (SSSR count). The minimum atomic E-state index is -0.413. The van der Waals surface area contributed by atoms with Crippen molar-refractivity contribution >= 4 is 23.0 Å². The normalized spacial score (nSPS) is 11.1. The molecule has 7 heteroatoms. The summed E-state index contributed by atoms with van der Waals surface area (Å²) in [6.45, 7) is 5.08. The van der Waals surface area contributed by atoms with Crippen LogP contribution in [0.25, 0.3) is 0 Å². The SMILES string of the molecule is CC(=O)Nc1ccc(/C(C)=N/OCc2cccc([N+](=O)[O-])c2C)cc1. The number of nitro benzene ring substituents is 1. The zero-order chi connectivity index (χ0) is 18.4. The van der Waals surface area contributed by atoms with Crippen LogP contribution < -0.4 is 5.32 Å². The molecule has 0 radical (unpaired) electrons. The van der Waals surface area contributed by atoms with Crippen LogP contribution in [0.2, 0.25) is 0 Å². The Morgan fingerprint density at radius 1 is 1.20 bits per heavy atom. The van der Waals surface area contributed by atoms with Crippen LogP contribution in [0.5, 0.6) is 0 Å². The van der Waals surface area contributed by atoms with Gasteiger partial charge in [-0.15, -0.1) is 0 Å². The molecule has 0 spiro atoms. The fraction of sp³-hybridized carbons (Fsp3) is 0.222. The lowest BCUT2D eigenvalue weighted by molar-refractivity contribution is -0.385. The highest BCUT2D eigenvalue weighted by molar-refractivity contribution is 5.99. The summed E-state index contributed by atoms with van der Waals surface area (Å²) in [6.07, 6.45) is 0. The van der Waals surface area contributed by atoms with E-state index in [2.05, 4.69) is 10.5 Å². The van der Waals surface area contributed by atoms with Crippen LogP contribution in [-0.2, 0) is 16.2 Å². The van der Waals surface area contributed by atoms with Crippen molar-refractivity contribution in [3.05, 3.63) is 69.3 Å². The summed E-state index contributed by atoms with van der Waals surface area (Å²) in [7, 11) is 0. The van der Waals surface area contributed by atoms with E-state index in [1.54, 1.807) is 38.1 Å². The Labute approximate surface area is 145 Å². The van der Waals surface area contributed by atoms with Gasteiger partial charge in [0.2, 0.25) is 5.91 Å². The number of benzene rings is 2. The van der Waals surface area contributed by atoms with E-state index in [1.165, 1.54) is 13.0 Å². The number of oxime groups is 1.